The first-order valence-corrected chi connectivity index (χ1v) is 9.91. The molecule has 0 radical (unpaired) electrons. The third kappa shape index (κ3) is 8.30. The van der Waals surface area contributed by atoms with E-state index in [2.05, 4.69) is 20.7 Å². The second-order valence-electron chi connectivity index (χ2n) is 6.98. The van der Waals surface area contributed by atoms with Gasteiger partial charge in [0.15, 0.2) is 0 Å². The zero-order chi connectivity index (χ0) is 22.6. The Morgan fingerprint density at radius 3 is 2.26 bits per heavy atom. The van der Waals surface area contributed by atoms with E-state index in [-0.39, 0.29) is 31.8 Å². The number of benzene rings is 2. The van der Waals surface area contributed by atoms with Crippen molar-refractivity contribution in [2.24, 2.45) is 0 Å². The average Bonchev–Trinajstić information content (AvgIpc) is 2.78. The molecule has 31 heavy (non-hydrogen) atoms. The number of carbonyl (C=O) groups is 4. The fourth-order valence-electron chi connectivity index (χ4n) is 2.79. The minimum atomic E-state index is -0.858. The van der Waals surface area contributed by atoms with Gasteiger partial charge >= 0.3 is 5.97 Å². The summed E-state index contributed by atoms with van der Waals surface area (Å²) in [5.74, 6) is -1.74. The topological polar surface area (TPSA) is 114 Å². The molecule has 3 N–H and O–H groups in total. The van der Waals surface area contributed by atoms with E-state index in [0.717, 1.165) is 11.1 Å². The summed E-state index contributed by atoms with van der Waals surface area (Å²) in [6, 6.07) is 15.3. The number of hydrogen-bond acceptors (Lipinski definition) is 5. The van der Waals surface area contributed by atoms with Crippen molar-refractivity contribution in [3.63, 3.8) is 0 Å². The van der Waals surface area contributed by atoms with Crippen molar-refractivity contribution < 1.29 is 23.9 Å². The van der Waals surface area contributed by atoms with Gasteiger partial charge in [-0.05, 0) is 24.6 Å². The van der Waals surface area contributed by atoms with Gasteiger partial charge in [0, 0.05) is 18.5 Å². The lowest BCUT2D eigenvalue weighted by Crippen LogP contribution is -2.50. The number of aryl methyl sites for hydroxylation is 1. The van der Waals surface area contributed by atoms with Gasteiger partial charge < -0.3 is 20.7 Å². The number of carbonyl (C=O) groups excluding carboxylic acids is 4. The molecule has 1 atom stereocenters. The van der Waals surface area contributed by atoms with Crippen LogP contribution in [0.15, 0.2) is 54.6 Å². The maximum atomic E-state index is 12.6. The molecule has 2 rings (SSSR count). The third-order valence-electron chi connectivity index (χ3n) is 4.51. The Morgan fingerprint density at radius 2 is 1.61 bits per heavy atom. The number of ether oxygens (including phenoxy) is 1. The molecule has 0 bridgehead atoms. The molecule has 2 aromatic carbocycles. The van der Waals surface area contributed by atoms with E-state index < -0.39 is 23.8 Å². The monoisotopic (exact) mass is 425 g/mol. The second-order valence-corrected chi connectivity index (χ2v) is 6.98. The summed E-state index contributed by atoms with van der Waals surface area (Å²) in [7, 11) is 1.27. The Morgan fingerprint density at radius 1 is 0.935 bits per heavy atom. The van der Waals surface area contributed by atoms with Crippen LogP contribution >= 0.6 is 0 Å². The Labute approximate surface area is 181 Å². The predicted octanol–water partition coefficient (Wildman–Crippen LogP) is 1.13. The van der Waals surface area contributed by atoms with Crippen LogP contribution in [0, 0.1) is 6.92 Å². The SMILES string of the molecule is COC(=O)CCNC(=O)[C@H](Cc1ccccc1)NC(=O)CNC(=O)c1ccc(C)cc1. The maximum Gasteiger partial charge on any atom is 0.307 e. The quantitative estimate of drug-likeness (QED) is 0.494. The fourth-order valence-corrected chi connectivity index (χ4v) is 2.79. The van der Waals surface area contributed by atoms with E-state index in [1.165, 1.54) is 7.11 Å². The summed E-state index contributed by atoms with van der Waals surface area (Å²) in [6.07, 6.45) is 0.295. The van der Waals surface area contributed by atoms with Crippen molar-refractivity contribution in [2.75, 3.05) is 20.2 Å². The first-order chi connectivity index (χ1) is 14.9. The van der Waals surface area contributed by atoms with E-state index in [9.17, 15) is 19.2 Å². The van der Waals surface area contributed by atoms with Crippen LogP contribution in [0.5, 0.6) is 0 Å². The van der Waals surface area contributed by atoms with Gasteiger partial charge in [0.1, 0.15) is 6.04 Å². The zero-order valence-corrected chi connectivity index (χ0v) is 17.6. The Balaban J connectivity index is 1.94. The summed E-state index contributed by atoms with van der Waals surface area (Å²) >= 11 is 0. The van der Waals surface area contributed by atoms with Gasteiger partial charge in [-0.1, -0.05) is 48.0 Å². The standard InChI is InChI=1S/C23H27N3O5/c1-16-8-10-18(11-9-16)22(29)25-15-20(27)26-19(14-17-6-4-3-5-7-17)23(30)24-13-12-21(28)31-2/h3-11,19H,12-15H2,1-2H3,(H,24,30)(H,25,29)(H,26,27)/t19-/m0/s1. The van der Waals surface area contributed by atoms with Crippen LogP contribution < -0.4 is 16.0 Å². The molecule has 0 saturated carbocycles. The number of amides is 3. The molecular weight excluding hydrogens is 398 g/mol. The second kappa shape index (κ2) is 12.1. The van der Waals surface area contributed by atoms with Gasteiger partial charge in [-0.2, -0.15) is 0 Å². The fraction of sp³-hybridized carbons (Fsp3) is 0.304. The van der Waals surface area contributed by atoms with Gasteiger partial charge in [0.25, 0.3) is 5.91 Å². The van der Waals surface area contributed by atoms with Crippen LogP contribution in [0.3, 0.4) is 0 Å². The van der Waals surface area contributed by atoms with Crippen molar-refractivity contribution in [3.05, 3.63) is 71.3 Å². The lowest BCUT2D eigenvalue weighted by molar-refractivity contribution is -0.140. The minimum absolute atomic E-state index is 0.0286. The normalized spacial score (nSPS) is 11.2. The summed E-state index contributed by atoms with van der Waals surface area (Å²) in [6.45, 7) is 1.74. The molecule has 164 valence electrons. The third-order valence-corrected chi connectivity index (χ3v) is 4.51. The van der Waals surface area contributed by atoms with Crippen molar-refractivity contribution in [3.8, 4) is 0 Å². The van der Waals surface area contributed by atoms with Gasteiger partial charge in [-0.25, -0.2) is 0 Å². The zero-order valence-electron chi connectivity index (χ0n) is 17.6. The van der Waals surface area contributed by atoms with Crippen molar-refractivity contribution in [2.45, 2.75) is 25.8 Å². The molecule has 0 fully saturated rings. The van der Waals surface area contributed by atoms with Crippen molar-refractivity contribution >= 4 is 23.7 Å². The molecule has 0 unspecified atom stereocenters. The van der Waals surface area contributed by atoms with Crippen LogP contribution in [0.25, 0.3) is 0 Å². The Bertz CT molecular complexity index is 897. The minimum Gasteiger partial charge on any atom is -0.469 e. The molecule has 3 amide bonds. The number of rotatable bonds is 10. The number of nitrogens with one attached hydrogen (secondary N) is 3. The van der Waals surface area contributed by atoms with Gasteiger partial charge in [0.2, 0.25) is 11.8 Å². The highest BCUT2D eigenvalue weighted by molar-refractivity contribution is 5.97. The predicted molar refractivity (Wildman–Crippen MR) is 115 cm³/mol. The molecule has 0 spiro atoms. The van der Waals surface area contributed by atoms with Crippen molar-refractivity contribution in [1.82, 2.24) is 16.0 Å². The van der Waals surface area contributed by atoms with E-state index >= 15 is 0 Å². The van der Waals surface area contributed by atoms with Crippen LogP contribution in [0.2, 0.25) is 0 Å². The Hall–Kier alpha value is -3.68. The molecule has 2 aromatic rings. The molecule has 8 heteroatoms. The lowest BCUT2D eigenvalue weighted by Gasteiger charge is -2.19. The molecule has 0 aromatic heterocycles. The summed E-state index contributed by atoms with van der Waals surface area (Å²) < 4.78 is 4.55. The average molecular weight is 425 g/mol. The van der Waals surface area contributed by atoms with E-state index in [0.29, 0.717) is 5.56 Å². The maximum absolute atomic E-state index is 12.6. The first kappa shape index (κ1) is 23.6. The highest BCUT2D eigenvalue weighted by Gasteiger charge is 2.21. The smallest absolute Gasteiger partial charge is 0.307 e. The van der Waals surface area contributed by atoms with Gasteiger partial charge in [0.05, 0.1) is 20.1 Å². The van der Waals surface area contributed by atoms with Crippen LogP contribution in [-0.2, 0) is 25.5 Å². The molecule has 8 nitrogen and oxygen atoms in total. The summed E-state index contributed by atoms with van der Waals surface area (Å²) in [5.41, 5.74) is 2.33. The molecule has 0 heterocycles. The van der Waals surface area contributed by atoms with Gasteiger partial charge in [-0.15, -0.1) is 0 Å². The number of methoxy groups -OCH3 is 1. The van der Waals surface area contributed by atoms with Gasteiger partial charge in [-0.3, -0.25) is 19.2 Å². The van der Waals surface area contributed by atoms with Crippen molar-refractivity contribution in [1.29, 1.82) is 0 Å². The Kier molecular flexibility index (Phi) is 9.22. The van der Waals surface area contributed by atoms with Crippen LogP contribution in [0.1, 0.15) is 27.9 Å². The summed E-state index contributed by atoms with van der Waals surface area (Å²) in [4.78, 5) is 48.4. The number of esters is 1. The van der Waals surface area contributed by atoms with E-state index in [1.807, 2.05) is 49.4 Å². The summed E-state index contributed by atoms with van der Waals surface area (Å²) in [5, 5.41) is 7.83. The molecule has 0 aliphatic rings. The first-order valence-electron chi connectivity index (χ1n) is 9.91. The molecule has 0 saturated heterocycles. The largest absolute Gasteiger partial charge is 0.469 e. The van der Waals surface area contributed by atoms with Crippen LogP contribution in [-0.4, -0.2) is 49.9 Å². The van der Waals surface area contributed by atoms with E-state index in [1.54, 1.807) is 12.1 Å². The highest BCUT2D eigenvalue weighted by atomic mass is 16.5. The van der Waals surface area contributed by atoms with E-state index in [4.69, 9.17) is 0 Å². The molecule has 0 aliphatic carbocycles. The number of hydrogen-bond donors (Lipinski definition) is 3. The molecular formula is C23H27N3O5. The molecule has 0 aliphatic heterocycles. The lowest BCUT2D eigenvalue weighted by atomic mass is 10.1. The highest BCUT2D eigenvalue weighted by Crippen LogP contribution is 2.05. The van der Waals surface area contributed by atoms with Crippen LogP contribution in [0.4, 0.5) is 0 Å².